The van der Waals surface area contributed by atoms with Gasteiger partial charge < -0.3 is 5.32 Å². The van der Waals surface area contributed by atoms with Gasteiger partial charge in [-0.15, -0.1) is 23.7 Å². The second kappa shape index (κ2) is 5.87. The molecule has 1 atom stereocenters. The van der Waals surface area contributed by atoms with Crippen molar-refractivity contribution >= 4 is 23.7 Å². The fourth-order valence-electron chi connectivity index (χ4n) is 2.62. The van der Waals surface area contributed by atoms with Crippen LogP contribution in [0.2, 0.25) is 0 Å². The van der Waals surface area contributed by atoms with E-state index in [1.807, 2.05) is 11.3 Å². The molecule has 0 fully saturated rings. The van der Waals surface area contributed by atoms with Gasteiger partial charge >= 0.3 is 0 Å². The van der Waals surface area contributed by atoms with E-state index in [0.29, 0.717) is 6.04 Å². The molecule has 1 aromatic heterocycles. The number of nitrogens with one attached hydrogen (secondary N) is 1. The number of likely N-dealkylation sites (N-methyl/N-ethyl adjacent to an activating group) is 1. The van der Waals surface area contributed by atoms with E-state index >= 15 is 0 Å². The van der Waals surface area contributed by atoms with E-state index in [4.69, 9.17) is 0 Å². The minimum Gasteiger partial charge on any atom is -0.317 e. The summed E-state index contributed by atoms with van der Waals surface area (Å²) in [6.45, 7) is 0. The number of hydrogen-bond donors (Lipinski definition) is 1. The lowest BCUT2D eigenvalue weighted by molar-refractivity contribution is 0.501. The molecule has 0 saturated heterocycles. The number of fused-ring (bicyclic) bond motifs is 1. The molecule has 96 valence electrons. The van der Waals surface area contributed by atoms with Gasteiger partial charge in [-0.2, -0.15) is 0 Å². The second-order valence-electron chi connectivity index (χ2n) is 4.65. The van der Waals surface area contributed by atoms with Gasteiger partial charge in [-0.05, 0) is 48.4 Å². The van der Waals surface area contributed by atoms with Crippen molar-refractivity contribution in [3.63, 3.8) is 0 Å². The van der Waals surface area contributed by atoms with Crippen LogP contribution in [0, 0.1) is 0 Å². The largest absolute Gasteiger partial charge is 0.317 e. The highest BCUT2D eigenvalue weighted by molar-refractivity contribution is 7.10. The summed E-state index contributed by atoms with van der Waals surface area (Å²) in [6, 6.07) is 11.4. The molecule has 3 heteroatoms. The summed E-state index contributed by atoms with van der Waals surface area (Å²) in [5.41, 5.74) is 4.39. The zero-order valence-electron chi connectivity index (χ0n) is 10.5. The van der Waals surface area contributed by atoms with Gasteiger partial charge in [-0.1, -0.05) is 30.3 Å². The van der Waals surface area contributed by atoms with E-state index in [2.05, 4.69) is 48.1 Å². The SMILES string of the molecule is CNC1CCc2scc(-c3ccccc3)c2C1.Cl. The van der Waals surface area contributed by atoms with Crippen LogP contribution in [0.4, 0.5) is 0 Å². The van der Waals surface area contributed by atoms with Gasteiger partial charge in [0, 0.05) is 10.9 Å². The predicted molar refractivity (Wildman–Crippen MR) is 81.9 cm³/mol. The zero-order valence-corrected chi connectivity index (χ0v) is 12.1. The summed E-state index contributed by atoms with van der Waals surface area (Å²) in [5.74, 6) is 0. The van der Waals surface area contributed by atoms with Crippen molar-refractivity contribution in [2.45, 2.75) is 25.3 Å². The van der Waals surface area contributed by atoms with Crippen molar-refractivity contribution in [2.24, 2.45) is 0 Å². The predicted octanol–water partition coefficient (Wildman–Crippen LogP) is 3.91. The van der Waals surface area contributed by atoms with Crippen molar-refractivity contribution in [3.05, 3.63) is 46.2 Å². The van der Waals surface area contributed by atoms with Crippen molar-refractivity contribution in [1.29, 1.82) is 0 Å². The molecule has 2 aromatic rings. The normalized spacial score (nSPS) is 17.9. The molecule has 1 aliphatic carbocycles. The van der Waals surface area contributed by atoms with Gasteiger partial charge in [-0.3, -0.25) is 0 Å². The summed E-state index contributed by atoms with van der Waals surface area (Å²) >= 11 is 1.93. The summed E-state index contributed by atoms with van der Waals surface area (Å²) in [5, 5.41) is 5.75. The van der Waals surface area contributed by atoms with E-state index in [-0.39, 0.29) is 12.4 Å². The van der Waals surface area contributed by atoms with Crippen LogP contribution >= 0.6 is 23.7 Å². The van der Waals surface area contributed by atoms with Crippen molar-refractivity contribution in [1.82, 2.24) is 5.32 Å². The van der Waals surface area contributed by atoms with Crippen LogP contribution in [-0.4, -0.2) is 13.1 Å². The molecule has 1 heterocycles. The molecular weight excluding hydrogens is 262 g/mol. The molecule has 0 saturated carbocycles. The number of benzene rings is 1. The standard InChI is InChI=1S/C15H17NS.ClH/c1-16-12-7-8-15-13(9-12)14(10-17-15)11-5-3-2-4-6-11;/h2-6,10,12,16H,7-9H2,1H3;1H. The molecule has 18 heavy (non-hydrogen) atoms. The lowest BCUT2D eigenvalue weighted by Gasteiger charge is -2.22. The molecule has 1 nitrogen and oxygen atoms in total. The Kier molecular flexibility index (Phi) is 4.44. The average Bonchev–Trinajstić information content (AvgIpc) is 2.82. The second-order valence-corrected chi connectivity index (χ2v) is 5.61. The maximum absolute atomic E-state index is 3.42. The monoisotopic (exact) mass is 279 g/mol. The lowest BCUT2D eigenvalue weighted by Crippen LogP contribution is -2.31. The Bertz CT molecular complexity index is 506. The molecule has 0 radical (unpaired) electrons. The Balaban J connectivity index is 0.00000120. The van der Waals surface area contributed by atoms with Crippen molar-refractivity contribution in [3.8, 4) is 11.1 Å². The minimum absolute atomic E-state index is 0. The van der Waals surface area contributed by atoms with Crippen LogP contribution in [0.15, 0.2) is 35.7 Å². The third-order valence-corrected chi connectivity index (χ3v) is 4.73. The number of aryl methyl sites for hydroxylation is 1. The highest BCUT2D eigenvalue weighted by Gasteiger charge is 2.21. The van der Waals surface area contributed by atoms with Crippen LogP contribution in [0.1, 0.15) is 16.9 Å². The first-order valence-electron chi connectivity index (χ1n) is 6.20. The molecule has 1 aliphatic rings. The molecule has 3 rings (SSSR count). The highest BCUT2D eigenvalue weighted by atomic mass is 35.5. The average molecular weight is 280 g/mol. The first-order chi connectivity index (χ1) is 8.38. The number of halogens is 1. The van der Waals surface area contributed by atoms with Crippen LogP contribution in [0.5, 0.6) is 0 Å². The Morgan fingerprint density at radius 1 is 1.22 bits per heavy atom. The summed E-state index contributed by atoms with van der Waals surface area (Å²) in [4.78, 5) is 1.59. The molecule has 1 N–H and O–H groups in total. The van der Waals surface area contributed by atoms with Crippen LogP contribution in [-0.2, 0) is 12.8 Å². The van der Waals surface area contributed by atoms with Crippen molar-refractivity contribution < 1.29 is 0 Å². The number of rotatable bonds is 2. The zero-order chi connectivity index (χ0) is 11.7. The Labute approximate surface area is 119 Å². The van der Waals surface area contributed by atoms with Gasteiger partial charge in [0.05, 0.1) is 0 Å². The Hall–Kier alpha value is -0.830. The molecule has 0 amide bonds. The summed E-state index contributed by atoms with van der Waals surface area (Å²) in [7, 11) is 2.07. The van der Waals surface area contributed by atoms with Gasteiger partial charge in [0.15, 0.2) is 0 Å². The van der Waals surface area contributed by atoms with E-state index < -0.39 is 0 Å². The fraction of sp³-hybridized carbons (Fsp3) is 0.333. The Morgan fingerprint density at radius 3 is 2.72 bits per heavy atom. The first kappa shape index (κ1) is 13.6. The lowest BCUT2D eigenvalue weighted by atomic mass is 9.90. The molecule has 0 bridgehead atoms. The first-order valence-corrected chi connectivity index (χ1v) is 7.08. The molecule has 1 unspecified atom stereocenters. The molecule has 0 spiro atoms. The summed E-state index contributed by atoms with van der Waals surface area (Å²) < 4.78 is 0. The quantitative estimate of drug-likeness (QED) is 0.879. The van der Waals surface area contributed by atoms with Crippen LogP contribution < -0.4 is 5.32 Å². The summed E-state index contributed by atoms with van der Waals surface area (Å²) in [6.07, 6.45) is 3.69. The smallest absolute Gasteiger partial charge is 0.0109 e. The van der Waals surface area contributed by atoms with Gasteiger partial charge in [0.25, 0.3) is 0 Å². The van der Waals surface area contributed by atoms with Gasteiger partial charge in [-0.25, -0.2) is 0 Å². The van der Waals surface area contributed by atoms with E-state index in [0.717, 1.165) is 0 Å². The number of hydrogen-bond acceptors (Lipinski definition) is 2. The number of thiophene rings is 1. The molecule has 1 aromatic carbocycles. The van der Waals surface area contributed by atoms with Crippen LogP contribution in [0.3, 0.4) is 0 Å². The molecular formula is C15H18ClNS. The minimum atomic E-state index is 0. The third kappa shape index (κ3) is 2.46. The highest BCUT2D eigenvalue weighted by Crippen LogP contribution is 2.36. The van der Waals surface area contributed by atoms with E-state index in [1.165, 1.54) is 30.4 Å². The topological polar surface area (TPSA) is 12.0 Å². The van der Waals surface area contributed by atoms with Crippen LogP contribution in [0.25, 0.3) is 11.1 Å². The Morgan fingerprint density at radius 2 is 2.00 bits per heavy atom. The van der Waals surface area contributed by atoms with Gasteiger partial charge in [0.1, 0.15) is 0 Å². The molecule has 0 aliphatic heterocycles. The van der Waals surface area contributed by atoms with E-state index in [1.54, 1.807) is 10.4 Å². The fourth-order valence-corrected chi connectivity index (χ4v) is 3.73. The van der Waals surface area contributed by atoms with Crippen molar-refractivity contribution in [2.75, 3.05) is 7.05 Å². The van der Waals surface area contributed by atoms with Gasteiger partial charge in [0.2, 0.25) is 0 Å². The maximum Gasteiger partial charge on any atom is 0.0109 e. The maximum atomic E-state index is 3.42. The van der Waals surface area contributed by atoms with E-state index in [9.17, 15) is 0 Å². The third-order valence-electron chi connectivity index (χ3n) is 3.64.